The van der Waals surface area contributed by atoms with E-state index < -0.39 is 0 Å². The third kappa shape index (κ3) is 5.01. The van der Waals surface area contributed by atoms with Crippen molar-refractivity contribution >= 4 is 0 Å². The second kappa shape index (κ2) is 6.66. The van der Waals surface area contributed by atoms with Gasteiger partial charge in [0, 0.05) is 0 Å². The van der Waals surface area contributed by atoms with Crippen molar-refractivity contribution in [2.45, 2.75) is 51.9 Å². The first-order chi connectivity index (χ1) is 7.22. The summed E-state index contributed by atoms with van der Waals surface area (Å²) < 4.78 is 0. The Hall–Kier alpha value is -0.780. The summed E-state index contributed by atoms with van der Waals surface area (Å²) in [6.45, 7) is 10.3. The van der Waals surface area contributed by atoms with Crippen molar-refractivity contribution < 1.29 is 0 Å². The summed E-state index contributed by atoms with van der Waals surface area (Å²) >= 11 is 0. The summed E-state index contributed by atoms with van der Waals surface area (Å²) in [5, 5.41) is 0. The minimum atomic E-state index is 0.904. The minimum absolute atomic E-state index is 0.904. The zero-order chi connectivity index (χ0) is 11.1. The fourth-order valence-corrected chi connectivity index (χ4v) is 2.29. The van der Waals surface area contributed by atoms with Crippen LogP contribution in [0.1, 0.15) is 51.9 Å². The third-order valence-electron chi connectivity index (χ3n) is 3.15. The number of hydrogen-bond donors (Lipinski definition) is 0. The van der Waals surface area contributed by atoms with Crippen LogP contribution in [0.2, 0.25) is 0 Å². The molecule has 1 saturated carbocycles. The number of allylic oxidation sites excluding steroid dienone is 4. The average molecular weight is 204 g/mol. The van der Waals surface area contributed by atoms with E-state index in [0.29, 0.717) is 0 Å². The summed E-state index contributed by atoms with van der Waals surface area (Å²) in [5.41, 5.74) is 2.50. The van der Waals surface area contributed by atoms with Gasteiger partial charge in [0.1, 0.15) is 0 Å². The maximum Gasteiger partial charge on any atom is -0.0256 e. The van der Waals surface area contributed by atoms with E-state index >= 15 is 0 Å². The lowest BCUT2D eigenvalue weighted by Crippen LogP contribution is -1.93. The zero-order valence-corrected chi connectivity index (χ0v) is 10.1. The molecule has 0 radical (unpaired) electrons. The van der Waals surface area contributed by atoms with Gasteiger partial charge in [-0.15, -0.1) is 0 Å². The van der Waals surface area contributed by atoms with E-state index in [0.717, 1.165) is 12.3 Å². The highest BCUT2D eigenvalue weighted by Gasteiger charge is 2.14. The summed E-state index contributed by atoms with van der Waals surface area (Å²) in [7, 11) is 0. The fraction of sp³-hybridized carbons (Fsp3) is 0.600. The molecule has 1 aliphatic carbocycles. The maximum atomic E-state index is 4.12. The van der Waals surface area contributed by atoms with Gasteiger partial charge in [-0.1, -0.05) is 75.5 Å². The fourth-order valence-electron chi connectivity index (χ4n) is 2.29. The van der Waals surface area contributed by atoms with Crippen LogP contribution < -0.4 is 0 Å². The van der Waals surface area contributed by atoms with Crippen LogP contribution in [-0.2, 0) is 0 Å². The van der Waals surface area contributed by atoms with E-state index in [4.69, 9.17) is 0 Å². The molecular formula is C15H24. The van der Waals surface area contributed by atoms with E-state index in [9.17, 15) is 0 Å². The second-order valence-electron chi connectivity index (χ2n) is 4.75. The molecule has 0 nitrogen and oxygen atoms in total. The highest BCUT2D eigenvalue weighted by molar-refractivity contribution is 5.24. The lowest BCUT2D eigenvalue weighted by Gasteiger charge is -2.08. The molecule has 0 heterocycles. The molecule has 1 rings (SSSR count). The largest absolute Gasteiger partial charge is 0.0958 e. The Balaban J connectivity index is 2.25. The van der Waals surface area contributed by atoms with Crippen LogP contribution in [0.15, 0.2) is 36.5 Å². The van der Waals surface area contributed by atoms with E-state index in [1.807, 2.05) is 0 Å². The normalized spacial score (nSPS) is 17.4. The molecule has 0 aromatic carbocycles. The van der Waals surface area contributed by atoms with Gasteiger partial charge in [0.05, 0.1) is 0 Å². The highest BCUT2D eigenvalue weighted by Crippen LogP contribution is 2.30. The predicted octanol–water partition coefficient (Wildman–Crippen LogP) is 5.04. The van der Waals surface area contributed by atoms with Crippen LogP contribution in [-0.4, -0.2) is 0 Å². The maximum absolute atomic E-state index is 4.12. The predicted molar refractivity (Wildman–Crippen MR) is 68.9 cm³/mol. The van der Waals surface area contributed by atoms with Crippen molar-refractivity contribution in [3.8, 4) is 0 Å². The Morgan fingerprint density at radius 2 is 1.73 bits per heavy atom. The van der Waals surface area contributed by atoms with Crippen LogP contribution in [0.3, 0.4) is 0 Å². The first-order valence-corrected chi connectivity index (χ1v) is 6.26. The third-order valence-corrected chi connectivity index (χ3v) is 3.15. The van der Waals surface area contributed by atoms with Crippen molar-refractivity contribution in [3.63, 3.8) is 0 Å². The molecule has 0 N–H and O–H groups in total. The van der Waals surface area contributed by atoms with Crippen molar-refractivity contribution in [1.82, 2.24) is 0 Å². The van der Waals surface area contributed by atoms with Crippen molar-refractivity contribution in [3.05, 3.63) is 36.5 Å². The summed E-state index contributed by atoms with van der Waals surface area (Å²) in [5.74, 6) is 0.904. The summed E-state index contributed by atoms with van der Waals surface area (Å²) in [4.78, 5) is 0. The van der Waals surface area contributed by atoms with E-state index in [1.54, 1.807) is 0 Å². The molecule has 0 spiro atoms. The van der Waals surface area contributed by atoms with Crippen LogP contribution in [0.5, 0.6) is 0 Å². The van der Waals surface area contributed by atoms with Gasteiger partial charge in [0.25, 0.3) is 0 Å². The minimum Gasteiger partial charge on any atom is -0.0958 e. The Morgan fingerprint density at radius 1 is 1.13 bits per heavy atom. The Morgan fingerprint density at radius 3 is 2.33 bits per heavy atom. The van der Waals surface area contributed by atoms with Gasteiger partial charge >= 0.3 is 0 Å². The van der Waals surface area contributed by atoms with Gasteiger partial charge in [0.15, 0.2) is 0 Å². The van der Waals surface area contributed by atoms with Crippen LogP contribution in [0.4, 0.5) is 0 Å². The lowest BCUT2D eigenvalue weighted by atomic mass is 9.98. The molecular weight excluding hydrogens is 180 g/mol. The van der Waals surface area contributed by atoms with Crippen LogP contribution in [0, 0.1) is 5.92 Å². The Bertz CT molecular complexity index is 239. The van der Waals surface area contributed by atoms with Crippen LogP contribution >= 0.6 is 0 Å². The molecule has 0 atom stereocenters. The molecule has 0 unspecified atom stereocenters. The van der Waals surface area contributed by atoms with Crippen molar-refractivity contribution in [2.24, 2.45) is 5.92 Å². The van der Waals surface area contributed by atoms with Crippen molar-refractivity contribution in [1.29, 1.82) is 0 Å². The van der Waals surface area contributed by atoms with Gasteiger partial charge < -0.3 is 0 Å². The molecule has 0 saturated heterocycles. The van der Waals surface area contributed by atoms with Gasteiger partial charge in [-0.2, -0.15) is 0 Å². The van der Waals surface area contributed by atoms with E-state index in [2.05, 4.69) is 32.2 Å². The monoisotopic (exact) mass is 204 g/mol. The SMILES string of the molecule is C=C(/C=C\C(=C)CC1CCCC1)CCC. The summed E-state index contributed by atoms with van der Waals surface area (Å²) in [6, 6.07) is 0. The van der Waals surface area contributed by atoms with E-state index in [-0.39, 0.29) is 0 Å². The molecule has 0 bridgehead atoms. The number of rotatable bonds is 6. The lowest BCUT2D eigenvalue weighted by molar-refractivity contribution is 0.549. The van der Waals surface area contributed by atoms with Gasteiger partial charge in [-0.3, -0.25) is 0 Å². The van der Waals surface area contributed by atoms with Gasteiger partial charge in [-0.05, 0) is 18.8 Å². The standard InChI is InChI=1S/C15H24/c1-4-7-13(2)10-11-14(3)12-15-8-5-6-9-15/h10-11,15H,2-9,12H2,1H3/b11-10-. The Kier molecular flexibility index (Phi) is 5.45. The molecule has 15 heavy (non-hydrogen) atoms. The molecule has 84 valence electrons. The van der Waals surface area contributed by atoms with Crippen molar-refractivity contribution in [2.75, 3.05) is 0 Å². The topological polar surface area (TPSA) is 0 Å². The molecule has 1 aliphatic rings. The molecule has 0 aromatic heterocycles. The summed E-state index contributed by atoms with van der Waals surface area (Å²) in [6.07, 6.45) is 13.4. The van der Waals surface area contributed by atoms with Crippen LogP contribution in [0.25, 0.3) is 0 Å². The molecule has 1 fully saturated rings. The zero-order valence-electron chi connectivity index (χ0n) is 10.1. The average Bonchev–Trinajstić information content (AvgIpc) is 2.68. The quantitative estimate of drug-likeness (QED) is 0.532. The second-order valence-corrected chi connectivity index (χ2v) is 4.75. The molecule has 0 aliphatic heterocycles. The first-order valence-electron chi connectivity index (χ1n) is 6.26. The van der Waals surface area contributed by atoms with E-state index in [1.165, 1.54) is 49.7 Å². The smallest absolute Gasteiger partial charge is 0.0256 e. The molecule has 0 aromatic rings. The Labute approximate surface area is 94.8 Å². The number of hydrogen-bond acceptors (Lipinski definition) is 0. The van der Waals surface area contributed by atoms with Gasteiger partial charge in [0.2, 0.25) is 0 Å². The molecule has 0 amide bonds. The highest BCUT2D eigenvalue weighted by atomic mass is 14.2. The van der Waals surface area contributed by atoms with Gasteiger partial charge in [-0.25, -0.2) is 0 Å². The first kappa shape index (κ1) is 12.3. The molecule has 0 heteroatoms.